The van der Waals surface area contributed by atoms with Gasteiger partial charge < -0.3 is 24.6 Å². The van der Waals surface area contributed by atoms with Crippen LogP contribution in [0.15, 0.2) is 27.7 Å². The molecule has 7 nitrogen and oxygen atoms in total. The van der Waals surface area contributed by atoms with Crippen LogP contribution in [0.1, 0.15) is 12.5 Å². The molecule has 0 aliphatic carbocycles. The Balaban J connectivity index is 1.87. The third kappa shape index (κ3) is 5.26. The Hall–Kier alpha value is -1.96. The van der Waals surface area contributed by atoms with E-state index in [0.717, 1.165) is 34.8 Å². The second kappa shape index (κ2) is 9.50. The Morgan fingerprint density at radius 1 is 1.28 bits per heavy atom. The van der Waals surface area contributed by atoms with Crippen LogP contribution in [0.4, 0.5) is 4.79 Å². The number of piperazine rings is 1. The van der Waals surface area contributed by atoms with Gasteiger partial charge in [0.15, 0.2) is 5.96 Å². The highest BCUT2D eigenvalue weighted by Gasteiger charge is 2.23. The highest BCUT2D eigenvalue weighted by molar-refractivity contribution is 9.10. The Morgan fingerprint density at radius 2 is 1.96 bits per heavy atom. The molecule has 8 heteroatoms. The topological polar surface area (TPSA) is 66.4 Å². The van der Waals surface area contributed by atoms with Gasteiger partial charge in [-0.05, 0) is 40.5 Å². The molecule has 0 unspecified atom stereocenters. The van der Waals surface area contributed by atoms with E-state index in [1.54, 1.807) is 19.1 Å². The maximum atomic E-state index is 11.8. The van der Waals surface area contributed by atoms with Crippen molar-refractivity contribution < 1.29 is 14.3 Å². The Kier molecular flexibility index (Phi) is 7.36. The van der Waals surface area contributed by atoms with Gasteiger partial charge in [-0.3, -0.25) is 4.99 Å². The van der Waals surface area contributed by atoms with E-state index in [1.165, 1.54) is 0 Å². The number of carbonyl (C=O) groups is 1. The number of benzene rings is 1. The van der Waals surface area contributed by atoms with Crippen molar-refractivity contribution in [2.45, 2.75) is 13.5 Å². The summed E-state index contributed by atoms with van der Waals surface area (Å²) in [5, 5.41) is 3.37. The fourth-order valence-electron chi connectivity index (χ4n) is 2.65. The van der Waals surface area contributed by atoms with Gasteiger partial charge in [0.1, 0.15) is 5.75 Å². The molecule has 0 saturated carbocycles. The minimum Gasteiger partial charge on any atom is -0.496 e. The first-order valence-electron chi connectivity index (χ1n) is 8.28. The van der Waals surface area contributed by atoms with Crippen LogP contribution in [0.25, 0.3) is 0 Å². The van der Waals surface area contributed by atoms with E-state index in [-0.39, 0.29) is 6.09 Å². The van der Waals surface area contributed by atoms with Crippen molar-refractivity contribution in [3.8, 4) is 5.75 Å². The molecule has 1 N–H and O–H groups in total. The van der Waals surface area contributed by atoms with Gasteiger partial charge in [0.25, 0.3) is 0 Å². The van der Waals surface area contributed by atoms with Crippen LogP contribution in [0.3, 0.4) is 0 Å². The lowest BCUT2D eigenvalue weighted by atomic mass is 10.2. The van der Waals surface area contributed by atoms with Crippen molar-refractivity contribution in [3.05, 3.63) is 28.2 Å². The molecule has 0 aromatic heterocycles. The molecule has 1 aromatic rings. The number of guanidine groups is 1. The lowest BCUT2D eigenvalue weighted by molar-refractivity contribution is 0.0914. The summed E-state index contributed by atoms with van der Waals surface area (Å²) < 4.78 is 11.2. The summed E-state index contributed by atoms with van der Waals surface area (Å²) >= 11 is 3.50. The number of carbonyl (C=O) groups excluding carboxylic acids is 1. The molecule has 0 spiro atoms. The van der Waals surface area contributed by atoms with Crippen molar-refractivity contribution in [1.82, 2.24) is 15.1 Å². The fraction of sp³-hybridized carbons (Fsp3) is 0.529. The minimum absolute atomic E-state index is 0.242. The number of nitrogens with one attached hydrogen (secondary N) is 1. The number of nitrogens with zero attached hydrogens (tertiary/aromatic N) is 3. The minimum atomic E-state index is -0.242. The number of hydrogen-bond donors (Lipinski definition) is 1. The van der Waals surface area contributed by atoms with Gasteiger partial charge in [-0.2, -0.15) is 0 Å². The molecule has 0 bridgehead atoms. The number of amides is 1. The maximum Gasteiger partial charge on any atom is 0.409 e. The van der Waals surface area contributed by atoms with Crippen molar-refractivity contribution in [1.29, 1.82) is 0 Å². The summed E-state index contributed by atoms with van der Waals surface area (Å²) in [6, 6.07) is 5.97. The molecular formula is C17H25BrN4O3. The van der Waals surface area contributed by atoms with Crippen LogP contribution in [-0.4, -0.2) is 68.8 Å². The highest BCUT2D eigenvalue weighted by Crippen LogP contribution is 2.25. The lowest BCUT2D eigenvalue weighted by Crippen LogP contribution is -2.53. The molecule has 1 amide bonds. The van der Waals surface area contributed by atoms with Gasteiger partial charge in [-0.15, -0.1) is 0 Å². The molecule has 1 saturated heterocycles. The van der Waals surface area contributed by atoms with Crippen molar-refractivity contribution >= 4 is 28.0 Å². The Morgan fingerprint density at radius 3 is 2.52 bits per heavy atom. The summed E-state index contributed by atoms with van der Waals surface area (Å²) in [4.78, 5) is 20.0. The van der Waals surface area contributed by atoms with E-state index < -0.39 is 0 Å². The SMILES string of the molecule is CCOC(=O)N1CCN(C(=NC)NCc2ccc(OC)c(Br)c2)CC1. The van der Waals surface area contributed by atoms with E-state index >= 15 is 0 Å². The number of halogens is 1. The zero-order valence-corrected chi connectivity index (χ0v) is 16.5. The molecule has 138 valence electrons. The van der Waals surface area contributed by atoms with E-state index in [0.29, 0.717) is 26.2 Å². The smallest absolute Gasteiger partial charge is 0.409 e. The molecule has 1 aliphatic rings. The standard InChI is InChI=1S/C17H25BrN4O3/c1-4-25-17(23)22-9-7-21(8-10-22)16(19-2)20-12-13-5-6-15(24-3)14(18)11-13/h5-6,11H,4,7-10,12H2,1-3H3,(H,19,20). The predicted molar refractivity (Wildman–Crippen MR) is 101 cm³/mol. The number of methoxy groups -OCH3 is 1. The van der Waals surface area contributed by atoms with Gasteiger partial charge in [0.05, 0.1) is 18.2 Å². The predicted octanol–water partition coefficient (Wildman–Crippen LogP) is 2.31. The molecule has 1 aliphatic heterocycles. The van der Waals surface area contributed by atoms with Crippen LogP contribution >= 0.6 is 15.9 Å². The first-order chi connectivity index (χ1) is 12.1. The van der Waals surface area contributed by atoms with E-state index in [1.807, 2.05) is 25.1 Å². The number of aliphatic imine (C=N–C) groups is 1. The zero-order valence-electron chi connectivity index (χ0n) is 14.9. The first kappa shape index (κ1) is 19.4. The van der Waals surface area contributed by atoms with Crippen LogP contribution < -0.4 is 10.1 Å². The van der Waals surface area contributed by atoms with Crippen LogP contribution in [-0.2, 0) is 11.3 Å². The third-order valence-corrected chi connectivity index (χ3v) is 4.60. The number of rotatable bonds is 4. The van der Waals surface area contributed by atoms with Crippen molar-refractivity contribution in [2.75, 3.05) is 46.9 Å². The summed E-state index contributed by atoms with van der Waals surface area (Å²) in [5.74, 6) is 1.64. The van der Waals surface area contributed by atoms with Gasteiger partial charge in [-0.1, -0.05) is 6.07 Å². The number of ether oxygens (including phenoxy) is 2. The quantitative estimate of drug-likeness (QED) is 0.606. The monoisotopic (exact) mass is 412 g/mol. The number of hydrogen-bond acceptors (Lipinski definition) is 4. The van der Waals surface area contributed by atoms with Crippen LogP contribution in [0.2, 0.25) is 0 Å². The largest absolute Gasteiger partial charge is 0.496 e. The van der Waals surface area contributed by atoms with Gasteiger partial charge in [-0.25, -0.2) is 4.79 Å². The first-order valence-corrected chi connectivity index (χ1v) is 9.08. The maximum absolute atomic E-state index is 11.8. The molecule has 25 heavy (non-hydrogen) atoms. The van der Waals surface area contributed by atoms with Gasteiger partial charge >= 0.3 is 6.09 Å². The van der Waals surface area contributed by atoms with Crippen LogP contribution in [0, 0.1) is 0 Å². The average molecular weight is 413 g/mol. The summed E-state index contributed by atoms with van der Waals surface area (Å²) in [5.41, 5.74) is 1.12. The van der Waals surface area contributed by atoms with Crippen LogP contribution in [0.5, 0.6) is 5.75 Å². The molecule has 1 aromatic carbocycles. The molecule has 0 radical (unpaired) electrons. The fourth-order valence-corrected chi connectivity index (χ4v) is 3.24. The normalized spacial score (nSPS) is 15.1. The van der Waals surface area contributed by atoms with E-state index in [9.17, 15) is 4.79 Å². The summed E-state index contributed by atoms with van der Waals surface area (Å²) in [7, 11) is 3.42. The lowest BCUT2D eigenvalue weighted by Gasteiger charge is -2.35. The van der Waals surface area contributed by atoms with E-state index in [4.69, 9.17) is 9.47 Å². The third-order valence-electron chi connectivity index (χ3n) is 3.98. The average Bonchev–Trinajstić information content (AvgIpc) is 2.63. The molecule has 1 heterocycles. The van der Waals surface area contributed by atoms with Gasteiger partial charge in [0.2, 0.25) is 0 Å². The zero-order chi connectivity index (χ0) is 18.2. The summed E-state index contributed by atoms with van der Waals surface area (Å²) in [6.07, 6.45) is -0.242. The van der Waals surface area contributed by atoms with Crippen molar-refractivity contribution in [2.24, 2.45) is 4.99 Å². The molecule has 2 rings (SSSR count). The highest BCUT2D eigenvalue weighted by atomic mass is 79.9. The molecule has 1 fully saturated rings. The van der Waals surface area contributed by atoms with E-state index in [2.05, 4.69) is 31.1 Å². The van der Waals surface area contributed by atoms with Crippen molar-refractivity contribution in [3.63, 3.8) is 0 Å². The second-order valence-electron chi connectivity index (χ2n) is 5.54. The Bertz CT molecular complexity index is 616. The second-order valence-corrected chi connectivity index (χ2v) is 6.40. The Labute approximate surface area is 157 Å². The van der Waals surface area contributed by atoms with Gasteiger partial charge in [0, 0.05) is 39.8 Å². The summed E-state index contributed by atoms with van der Waals surface area (Å²) in [6.45, 7) is 5.60. The molecule has 0 atom stereocenters. The molecular weight excluding hydrogens is 388 g/mol.